The molecule has 0 saturated heterocycles. The van der Waals surface area contributed by atoms with Crippen LogP contribution >= 0.6 is 0 Å². The molecule has 0 fully saturated rings. The number of nitrogens with one attached hydrogen (secondary N) is 1. The Balaban J connectivity index is 2.13. The first kappa shape index (κ1) is 19.8. The second kappa shape index (κ2) is 7.82. The molecule has 0 aromatic heterocycles. The molecule has 2 aromatic carbocycles. The summed E-state index contributed by atoms with van der Waals surface area (Å²) < 4.78 is 51.7. The summed E-state index contributed by atoms with van der Waals surface area (Å²) in [6, 6.07) is 8.14. The molecule has 8 heteroatoms. The number of nitrogens with zero attached hydrogens (tertiary/aromatic N) is 1. The molecule has 26 heavy (non-hydrogen) atoms. The number of halogens is 2. The van der Waals surface area contributed by atoms with Crippen LogP contribution in [0, 0.1) is 25.5 Å². The minimum absolute atomic E-state index is 0.184. The molecule has 140 valence electrons. The lowest BCUT2D eigenvalue weighted by Gasteiger charge is -2.22. The lowest BCUT2D eigenvalue weighted by atomic mass is 10.1. The van der Waals surface area contributed by atoms with Crippen molar-refractivity contribution in [2.24, 2.45) is 0 Å². The van der Waals surface area contributed by atoms with Crippen LogP contribution in [-0.4, -0.2) is 27.1 Å². The number of benzene rings is 2. The fraction of sp³-hybridized carbons (Fsp3) is 0.278. The summed E-state index contributed by atoms with van der Waals surface area (Å²) >= 11 is 0. The van der Waals surface area contributed by atoms with E-state index in [2.05, 4.69) is 5.32 Å². The quantitative estimate of drug-likeness (QED) is 0.833. The molecule has 0 aliphatic carbocycles. The van der Waals surface area contributed by atoms with Crippen molar-refractivity contribution in [2.75, 3.05) is 22.4 Å². The van der Waals surface area contributed by atoms with Crippen molar-refractivity contribution in [1.29, 1.82) is 0 Å². The van der Waals surface area contributed by atoms with Crippen LogP contribution in [0.25, 0.3) is 0 Å². The second-order valence-electron chi connectivity index (χ2n) is 6.11. The Morgan fingerprint density at radius 2 is 1.69 bits per heavy atom. The largest absolute Gasteiger partial charge is 0.326 e. The van der Waals surface area contributed by atoms with Crippen molar-refractivity contribution in [3.8, 4) is 0 Å². The molecule has 0 bridgehead atoms. The Bertz CT molecular complexity index is 910. The van der Waals surface area contributed by atoms with Gasteiger partial charge < -0.3 is 5.32 Å². The molecule has 0 atom stereocenters. The van der Waals surface area contributed by atoms with Gasteiger partial charge in [-0.05, 0) is 49.2 Å². The van der Waals surface area contributed by atoms with Crippen molar-refractivity contribution in [1.82, 2.24) is 0 Å². The number of carbonyl (C=O) groups is 1. The van der Waals surface area contributed by atoms with Gasteiger partial charge >= 0.3 is 0 Å². The second-order valence-corrected chi connectivity index (χ2v) is 8.01. The summed E-state index contributed by atoms with van der Waals surface area (Å²) in [7, 11) is -3.84. The van der Waals surface area contributed by atoms with E-state index in [4.69, 9.17) is 0 Å². The topological polar surface area (TPSA) is 66.5 Å². The van der Waals surface area contributed by atoms with Gasteiger partial charge in [0.15, 0.2) is 0 Å². The Labute approximate surface area is 151 Å². The van der Waals surface area contributed by atoms with Gasteiger partial charge in [-0.3, -0.25) is 9.10 Å². The smallest absolute Gasteiger partial charge is 0.232 e. The van der Waals surface area contributed by atoms with E-state index in [-0.39, 0.29) is 18.7 Å². The number of hydrogen-bond donors (Lipinski definition) is 1. The zero-order chi connectivity index (χ0) is 19.5. The van der Waals surface area contributed by atoms with E-state index in [1.807, 2.05) is 19.9 Å². The highest BCUT2D eigenvalue weighted by molar-refractivity contribution is 7.92. The Morgan fingerprint density at radius 3 is 2.23 bits per heavy atom. The number of rotatable bonds is 6. The molecule has 0 aliphatic rings. The first-order chi connectivity index (χ1) is 12.1. The summed E-state index contributed by atoms with van der Waals surface area (Å²) in [5.41, 5.74) is 2.26. The zero-order valence-electron chi connectivity index (χ0n) is 14.7. The molecular formula is C18H20F2N2O3S. The third-order valence-corrected chi connectivity index (χ3v) is 4.81. The fourth-order valence-electron chi connectivity index (χ4n) is 2.62. The highest BCUT2D eigenvalue weighted by Gasteiger charge is 2.22. The van der Waals surface area contributed by atoms with E-state index < -0.39 is 27.6 Å². The molecule has 1 amide bonds. The molecular weight excluding hydrogens is 362 g/mol. The van der Waals surface area contributed by atoms with Gasteiger partial charge in [-0.15, -0.1) is 0 Å². The summed E-state index contributed by atoms with van der Waals surface area (Å²) in [6.45, 7) is 3.52. The number of amides is 1. The minimum Gasteiger partial charge on any atom is -0.326 e. The van der Waals surface area contributed by atoms with Crippen LogP contribution in [0.5, 0.6) is 0 Å². The van der Waals surface area contributed by atoms with Gasteiger partial charge in [0, 0.05) is 24.7 Å². The van der Waals surface area contributed by atoms with Gasteiger partial charge in [0.05, 0.1) is 11.9 Å². The maximum atomic E-state index is 13.9. The Morgan fingerprint density at radius 1 is 1.08 bits per heavy atom. The highest BCUT2D eigenvalue weighted by atomic mass is 32.2. The van der Waals surface area contributed by atoms with Crippen molar-refractivity contribution in [3.63, 3.8) is 0 Å². The van der Waals surface area contributed by atoms with Crippen molar-refractivity contribution in [3.05, 3.63) is 59.2 Å². The summed E-state index contributed by atoms with van der Waals surface area (Å²) in [5.74, 6) is -2.23. The molecule has 0 spiro atoms. The van der Waals surface area contributed by atoms with E-state index in [1.54, 1.807) is 12.1 Å². The van der Waals surface area contributed by atoms with E-state index in [1.165, 1.54) is 0 Å². The van der Waals surface area contributed by atoms with Crippen LogP contribution in [0.3, 0.4) is 0 Å². The van der Waals surface area contributed by atoms with Crippen LogP contribution in [0.4, 0.5) is 20.2 Å². The lowest BCUT2D eigenvalue weighted by molar-refractivity contribution is -0.116. The Hall–Kier alpha value is -2.48. The normalized spacial score (nSPS) is 11.3. The van der Waals surface area contributed by atoms with Crippen molar-refractivity contribution >= 4 is 27.3 Å². The predicted molar refractivity (Wildman–Crippen MR) is 97.7 cm³/mol. The molecule has 2 rings (SSSR count). The molecule has 0 radical (unpaired) electrons. The lowest BCUT2D eigenvalue weighted by Crippen LogP contribution is -2.33. The van der Waals surface area contributed by atoms with Crippen molar-refractivity contribution in [2.45, 2.75) is 20.3 Å². The van der Waals surface area contributed by atoms with Gasteiger partial charge in [0.2, 0.25) is 15.9 Å². The molecule has 0 saturated carbocycles. The summed E-state index contributed by atoms with van der Waals surface area (Å²) in [4.78, 5) is 12.2. The van der Waals surface area contributed by atoms with E-state index in [0.717, 1.165) is 33.8 Å². The first-order valence-corrected chi connectivity index (χ1v) is 9.72. The maximum absolute atomic E-state index is 13.9. The van der Waals surface area contributed by atoms with Crippen LogP contribution in [-0.2, 0) is 14.8 Å². The fourth-order valence-corrected chi connectivity index (χ4v) is 3.55. The third kappa shape index (κ3) is 5.26. The summed E-state index contributed by atoms with van der Waals surface area (Å²) in [5, 5.41) is 2.69. The molecule has 0 aliphatic heterocycles. The standard InChI is InChI=1S/C18H20F2N2O3S/c1-12-8-13(2)10-15(9-12)21-18(23)6-7-22(26(3,24)25)17-5-4-14(19)11-16(17)20/h4-5,8-11H,6-7H2,1-3H3,(H,21,23). The van der Waals surface area contributed by atoms with Gasteiger partial charge in [-0.2, -0.15) is 0 Å². The Kier molecular flexibility index (Phi) is 5.97. The maximum Gasteiger partial charge on any atom is 0.232 e. The summed E-state index contributed by atoms with van der Waals surface area (Å²) in [6.07, 6.45) is 0.717. The first-order valence-electron chi connectivity index (χ1n) is 7.87. The number of aryl methyl sites for hydroxylation is 2. The monoisotopic (exact) mass is 382 g/mol. The van der Waals surface area contributed by atoms with Crippen LogP contribution in [0.15, 0.2) is 36.4 Å². The molecule has 2 aromatic rings. The van der Waals surface area contributed by atoms with Gasteiger partial charge in [-0.1, -0.05) is 6.07 Å². The highest BCUT2D eigenvalue weighted by Crippen LogP contribution is 2.23. The number of carbonyl (C=O) groups excluding carboxylic acids is 1. The van der Waals surface area contributed by atoms with Crippen LogP contribution in [0.2, 0.25) is 0 Å². The van der Waals surface area contributed by atoms with Crippen LogP contribution < -0.4 is 9.62 Å². The molecule has 1 N–H and O–H groups in total. The van der Waals surface area contributed by atoms with E-state index >= 15 is 0 Å². The van der Waals surface area contributed by atoms with E-state index in [0.29, 0.717) is 11.8 Å². The number of sulfonamides is 1. The zero-order valence-corrected chi connectivity index (χ0v) is 15.5. The number of hydrogen-bond acceptors (Lipinski definition) is 3. The third-order valence-electron chi connectivity index (χ3n) is 3.63. The minimum atomic E-state index is -3.84. The van der Waals surface area contributed by atoms with Gasteiger partial charge in [-0.25, -0.2) is 17.2 Å². The van der Waals surface area contributed by atoms with Crippen molar-refractivity contribution < 1.29 is 22.0 Å². The molecule has 0 unspecified atom stereocenters. The van der Waals surface area contributed by atoms with Crippen LogP contribution in [0.1, 0.15) is 17.5 Å². The van der Waals surface area contributed by atoms with Gasteiger partial charge in [0.25, 0.3) is 0 Å². The average Bonchev–Trinajstić information content (AvgIpc) is 2.46. The molecule has 0 heterocycles. The SMILES string of the molecule is Cc1cc(C)cc(NC(=O)CCN(c2ccc(F)cc2F)S(C)(=O)=O)c1. The average molecular weight is 382 g/mol. The number of anilines is 2. The molecule has 5 nitrogen and oxygen atoms in total. The van der Waals surface area contributed by atoms with E-state index in [9.17, 15) is 22.0 Å². The predicted octanol–water partition coefficient (Wildman–Crippen LogP) is 3.38. The van der Waals surface area contributed by atoms with Gasteiger partial charge in [0.1, 0.15) is 11.6 Å².